The highest BCUT2D eigenvalue weighted by Gasteiger charge is 2.38. The SMILES string of the molecule is C[C@@](Cc1ccc(OP(=O)(OCc2ccccc2)OCc2ccccc2)c(OCc2ccccc2)c1)(NNC(=O)[C@H](Cc1c[nH]c2ccccc12)NC(=O)OCc1ccccc1)C(=O)OCc1ccccc1. The number of nitrogens with one attached hydrogen (secondary N) is 4. The average molecular weight is 987 g/mol. The maximum Gasteiger partial charge on any atom is 0.530 e. The van der Waals surface area contributed by atoms with E-state index in [0.29, 0.717) is 5.56 Å². The van der Waals surface area contributed by atoms with Gasteiger partial charge < -0.3 is 29.0 Å². The minimum Gasteiger partial charge on any atom is -0.485 e. The highest BCUT2D eigenvalue weighted by molar-refractivity contribution is 7.48. The van der Waals surface area contributed by atoms with Gasteiger partial charge in [0.25, 0.3) is 5.91 Å². The number of aromatic amines is 1. The number of phosphoric acid groups is 1. The van der Waals surface area contributed by atoms with Crippen LogP contribution in [0, 0.1) is 0 Å². The molecule has 0 aliphatic rings. The highest BCUT2D eigenvalue weighted by Crippen LogP contribution is 2.53. The zero-order valence-electron chi connectivity index (χ0n) is 39.6. The molecule has 1 aromatic heterocycles. The van der Waals surface area contributed by atoms with Crippen molar-refractivity contribution in [3.8, 4) is 11.5 Å². The number of alkyl carbamates (subject to hydrolysis) is 1. The van der Waals surface area contributed by atoms with Crippen LogP contribution < -0.4 is 25.4 Å². The first-order valence-electron chi connectivity index (χ1n) is 23.4. The van der Waals surface area contributed by atoms with E-state index in [0.717, 1.165) is 44.3 Å². The van der Waals surface area contributed by atoms with Crippen molar-refractivity contribution in [2.45, 2.75) is 64.4 Å². The lowest BCUT2D eigenvalue weighted by molar-refractivity contribution is -0.153. The maximum atomic E-state index is 14.6. The molecule has 368 valence electrons. The van der Waals surface area contributed by atoms with E-state index in [2.05, 4.69) is 21.2 Å². The Morgan fingerprint density at radius 3 is 1.64 bits per heavy atom. The van der Waals surface area contributed by atoms with Crippen molar-refractivity contribution in [1.29, 1.82) is 0 Å². The van der Waals surface area contributed by atoms with E-state index in [1.54, 1.807) is 31.3 Å². The number of rotatable bonds is 24. The predicted octanol–water partition coefficient (Wildman–Crippen LogP) is 10.9. The average Bonchev–Trinajstić information content (AvgIpc) is 3.83. The lowest BCUT2D eigenvalue weighted by Crippen LogP contribution is -2.62. The Labute approximate surface area is 418 Å². The third kappa shape index (κ3) is 14.5. The van der Waals surface area contributed by atoms with E-state index in [9.17, 15) is 18.9 Å². The number of hydrogen-bond acceptors (Lipinski definition) is 11. The van der Waals surface area contributed by atoms with Crippen LogP contribution >= 0.6 is 7.82 Å². The third-order valence-corrected chi connectivity index (χ3v) is 12.8. The molecular formula is C57H55N4O10P. The summed E-state index contributed by atoms with van der Waals surface area (Å²) in [6.07, 6.45) is 0.976. The molecule has 0 fully saturated rings. The van der Waals surface area contributed by atoms with Gasteiger partial charge in [0.05, 0.1) is 13.2 Å². The number of amides is 2. The van der Waals surface area contributed by atoms with Crippen molar-refractivity contribution < 1.29 is 46.7 Å². The van der Waals surface area contributed by atoms with E-state index in [1.165, 1.54) is 0 Å². The Morgan fingerprint density at radius 1 is 0.569 bits per heavy atom. The number of phosphoric ester groups is 1. The fourth-order valence-corrected chi connectivity index (χ4v) is 8.82. The first kappa shape index (κ1) is 50.4. The number of para-hydroxylation sites is 1. The van der Waals surface area contributed by atoms with Gasteiger partial charge in [0.15, 0.2) is 11.5 Å². The van der Waals surface area contributed by atoms with E-state index < -0.39 is 37.4 Å². The zero-order valence-corrected chi connectivity index (χ0v) is 40.5. The van der Waals surface area contributed by atoms with Crippen LogP contribution in [0.2, 0.25) is 0 Å². The molecule has 8 rings (SSSR count). The molecule has 8 aromatic rings. The highest BCUT2D eigenvalue weighted by atomic mass is 31.2. The number of carbonyl (C=O) groups is 3. The van der Waals surface area contributed by atoms with Crippen molar-refractivity contribution in [3.63, 3.8) is 0 Å². The van der Waals surface area contributed by atoms with Crippen LogP contribution in [0.25, 0.3) is 10.9 Å². The third-order valence-electron chi connectivity index (χ3n) is 11.5. The summed E-state index contributed by atoms with van der Waals surface area (Å²) in [6, 6.07) is 57.7. The largest absolute Gasteiger partial charge is 0.530 e. The summed E-state index contributed by atoms with van der Waals surface area (Å²) in [5.74, 6) is -1.13. The molecule has 4 N–H and O–H groups in total. The molecule has 14 nitrogen and oxygen atoms in total. The lowest BCUT2D eigenvalue weighted by Gasteiger charge is -2.30. The second kappa shape index (κ2) is 24.7. The summed E-state index contributed by atoms with van der Waals surface area (Å²) >= 11 is 0. The van der Waals surface area contributed by atoms with Crippen LogP contribution in [0.4, 0.5) is 4.79 Å². The quantitative estimate of drug-likeness (QED) is 0.0258. The Kier molecular flexibility index (Phi) is 17.3. The standard InChI is InChI=1S/C57H55N4O10P/c1-57(55(63)67-38-43-21-9-3-10-22-43,61-60-54(62)51(34-48-36-58-50-30-18-17-29-49(48)50)59-56(64)68-39-44-23-11-4-12-24-44)35-47-31-32-52(53(33-47)66-37-42-19-7-2-8-20-42)71-72(65,69-40-45-25-13-5-14-26-45)70-41-46-27-15-6-16-28-46/h2-33,36,51,58,61H,34-35,37-41H2,1H3,(H,59,64)(H,60,62)/t51-,57-/m0/s1. The van der Waals surface area contributed by atoms with Crippen LogP contribution in [0.1, 0.15) is 45.9 Å². The van der Waals surface area contributed by atoms with Crippen molar-refractivity contribution >= 4 is 36.7 Å². The van der Waals surface area contributed by atoms with E-state index in [1.807, 2.05) is 176 Å². The van der Waals surface area contributed by atoms with Gasteiger partial charge in [-0.15, -0.1) is 0 Å². The normalized spacial score (nSPS) is 12.5. The monoisotopic (exact) mass is 986 g/mol. The van der Waals surface area contributed by atoms with Crippen LogP contribution in [-0.2, 0) is 78.6 Å². The van der Waals surface area contributed by atoms with Gasteiger partial charge in [0, 0.05) is 29.9 Å². The fourth-order valence-electron chi connectivity index (χ4n) is 7.63. The Hall–Kier alpha value is -8.00. The van der Waals surface area contributed by atoms with Crippen molar-refractivity contribution in [2.24, 2.45) is 0 Å². The Morgan fingerprint density at radius 2 is 1.07 bits per heavy atom. The van der Waals surface area contributed by atoms with Gasteiger partial charge in [0.1, 0.15) is 31.4 Å². The number of H-pyrrole nitrogens is 1. The van der Waals surface area contributed by atoms with E-state index in [4.69, 9.17) is 27.8 Å². The van der Waals surface area contributed by atoms with Gasteiger partial charge in [-0.3, -0.25) is 19.3 Å². The molecule has 0 aliphatic heterocycles. The molecule has 0 unspecified atom stereocenters. The van der Waals surface area contributed by atoms with Crippen molar-refractivity contribution in [2.75, 3.05) is 0 Å². The number of benzene rings is 7. The molecule has 72 heavy (non-hydrogen) atoms. The number of aromatic nitrogens is 1. The van der Waals surface area contributed by atoms with Crippen LogP contribution in [0.3, 0.4) is 0 Å². The summed E-state index contributed by atoms with van der Waals surface area (Å²) in [7, 11) is -4.36. The molecule has 0 aliphatic carbocycles. The molecule has 7 aromatic carbocycles. The van der Waals surface area contributed by atoms with Gasteiger partial charge in [-0.25, -0.2) is 19.6 Å². The minimum absolute atomic E-state index is 0.0163. The van der Waals surface area contributed by atoms with E-state index in [-0.39, 0.29) is 57.4 Å². The first-order chi connectivity index (χ1) is 35.1. The van der Waals surface area contributed by atoms with E-state index >= 15 is 0 Å². The number of carbonyl (C=O) groups excluding carboxylic acids is 3. The molecule has 0 saturated heterocycles. The summed E-state index contributed by atoms with van der Waals surface area (Å²) in [5.41, 5.74) is 10.1. The topological polar surface area (TPSA) is 176 Å². The molecule has 2 atom stereocenters. The van der Waals surface area contributed by atoms with Gasteiger partial charge in [0.2, 0.25) is 0 Å². The van der Waals surface area contributed by atoms with Crippen LogP contribution in [-0.4, -0.2) is 34.5 Å². The molecule has 0 radical (unpaired) electrons. The summed E-state index contributed by atoms with van der Waals surface area (Å²) < 4.78 is 50.6. The van der Waals surface area contributed by atoms with Crippen molar-refractivity contribution in [1.82, 2.24) is 21.2 Å². The number of esters is 1. The maximum absolute atomic E-state index is 14.6. The van der Waals surface area contributed by atoms with Gasteiger partial charge >= 0.3 is 19.9 Å². The molecule has 2 amide bonds. The Balaban J connectivity index is 1.07. The summed E-state index contributed by atoms with van der Waals surface area (Å²) in [5, 5.41) is 3.60. The molecule has 0 bridgehead atoms. The predicted molar refractivity (Wildman–Crippen MR) is 273 cm³/mol. The number of ether oxygens (including phenoxy) is 3. The first-order valence-corrected chi connectivity index (χ1v) is 24.8. The van der Waals surface area contributed by atoms with Crippen molar-refractivity contribution in [3.05, 3.63) is 239 Å². The summed E-state index contributed by atoms with van der Waals surface area (Å²) in [6.45, 7) is 1.48. The minimum atomic E-state index is -4.36. The molecule has 15 heteroatoms. The summed E-state index contributed by atoms with van der Waals surface area (Å²) in [4.78, 5) is 45.3. The molecule has 0 spiro atoms. The fraction of sp³-hybridized carbons (Fsp3) is 0.175. The number of hydrogen-bond donors (Lipinski definition) is 4. The number of hydrazine groups is 1. The van der Waals surface area contributed by atoms with Gasteiger partial charge in [-0.05, 0) is 64.1 Å². The Bertz CT molecular complexity index is 3010. The second-order valence-electron chi connectivity index (χ2n) is 17.1. The van der Waals surface area contributed by atoms with Gasteiger partial charge in [-0.2, -0.15) is 0 Å². The lowest BCUT2D eigenvalue weighted by atomic mass is 9.93. The molecule has 0 saturated carbocycles. The second-order valence-corrected chi connectivity index (χ2v) is 18.7. The zero-order chi connectivity index (χ0) is 50.0. The van der Waals surface area contributed by atoms with Gasteiger partial charge in [-0.1, -0.05) is 176 Å². The molecule has 1 heterocycles. The molecular weight excluding hydrogens is 932 g/mol. The smallest absolute Gasteiger partial charge is 0.485 e. The number of fused-ring (bicyclic) bond motifs is 1. The van der Waals surface area contributed by atoms with Crippen LogP contribution in [0.15, 0.2) is 200 Å². The van der Waals surface area contributed by atoms with Crippen LogP contribution in [0.5, 0.6) is 11.5 Å².